The number of hydrogen-bond acceptors (Lipinski definition) is 2. The fraction of sp³-hybridized carbons (Fsp3) is 0.154. The van der Waals surface area contributed by atoms with Crippen molar-refractivity contribution in [3.8, 4) is 17.0 Å². The average Bonchev–Trinajstić information content (AvgIpc) is 2.37. The summed E-state index contributed by atoms with van der Waals surface area (Å²) in [6.45, 7) is 0. The quantitative estimate of drug-likeness (QED) is 0.476. The SMILES string of the molecule is FC(F)(F)Oc1ccccc1-c1nccc(C(F)(F)F)c1I. The number of aromatic nitrogens is 1. The average molecular weight is 433 g/mol. The Labute approximate surface area is 134 Å². The number of halogens is 7. The Balaban J connectivity index is 2.59. The van der Waals surface area contributed by atoms with Crippen molar-refractivity contribution in [1.29, 1.82) is 0 Å². The van der Waals surface area contributed by atoms with Crippen molar-refractivity contribution in [3.63, 3.8) is 0 Å². The monoisotopic (exact) mass is 433 g/mol. The Bertz CT molecular complexity index is 683. The molecule has 1 heterocycles. The standard InChI is InChI=1S/C13H6F6INO/c14-12(15,16)8-5-6-21-11(10(8)20)7-3-1-2-4-9(7)22-13(17,18)19/h1-6H. The van der Waals surface area contributed by atoms with E-state index in [2.05, 4.69) is 9.72 Å². The zero-order valence-corrected chi connectivity index (χ0v) is 12.6. The second-order valence-electron chi connectivity index (χ2n) is 4.06. The molecule has 1 aromatic heterocycles. The maximum absolute atomic E-state index is 12.9. The maximum Gasteiger partial charge on any atom is 0.573 e. The van der Waals surface area contributed by atoms with Crippen molar-refractivity contribution in [2.75, 3.05) is 0 Å². The van der Waals surface area contributed by atoms with Crippen LogP contribution in [0.2, 0.25) is 0 Å². The Morgan fingerprint density at radius 2 is 1.59 bits per heavy atom. The number of rotatable bonds is 2. The predicted molar refractivity (Wildman–Crippen MR) is 74.1 cm³/mol. The number of benzene rings is 1. The first-order valence-electron chi connectivity index (χ1n) is 5.66. The minimum Gasteiger partial charge on any atom is -0.405 e. The molecule has 2 aromatic rings. The molecule has 2 nitrogen and oxygen atoms in total. The number of alkyl halides is 6. The summed E-state index contributed by atoms with van der Waals surface area (Å²) >= 11 is 1.40. The van der Waals surface area contributed by atoms with Crippen LogP contribution in [0.4, 0.5) is 26.3 Å². The normalized spacial score (nSPS) is 12.3. The topological polar surface area (TPSA) is 22.1 Å². The van der Waals surface area contributed by atoms with Crippen molar-refractivity contribution in [3.05, 3.63) is 45.7 Å². The molecule has 0 aliphatic heterocycles. The Morgan fingerprint density at radius 3 is 2.18 bits per heavy atom. The van der Waals surface area contributed by atoms with E-state index in [9.17, 15) is 26.3 Å². The van der Waals surface area contributed by atoms with Crippen molar-refractivity contribution in [2.45, 2.75) is 12.5 Å². The maximum atomic E-state index is 12.9. The third-order valence-electron chi connectivity index (χ3n) is 2.56. The van der Waals surface area contributed by atoms with E-state index in [4.69, 9.17) is 0 Å². The van der Waals surface area contributed by atoms with E-state index in [1.807, 2.05) is 0 Å². The van der Waals surface area contributed by atoms with Crippen molar-refractivity contribution in [1.82, 2.24) is 4.98 Å². The summed E-state index contributed by atoms with van der Waals surface area (Å²) in [5.41, 5.74) is -1.37. The largest absolute Gasteiger partial charge is 0.573 e. The van der Waals surface area contributed by atoms with Gasteiger partial charge < -0.3 is 4.74 Å². The van der Waals surface area contributed by atoms with Crippen molar-refractivity contribution in [2.24, 2.45) is 0 Å². The van der Waals surface area contributed by atoms with Crippen LogP contribution < -0.4 is 4.74 Å². The van der Waals surface area contributed by atoms with E-state index in [1.54, 1.807) is 0 Å². The summed E-state index contributed by atoms with van der Waals surface area (Å²) < 4.78 is 79.3. The zero-order valence-electron chi connectivity index (χ0n) is 10.5. The van der Waals surface area contributed by atoms with Crippen LogP contribution in [0.3, 0.4) is 0 Å². The minimum atomic E-state index is -4.96. The van der Waals surface area contributed by atoms with Gasteiger partial charge in [0, 0.05) is 11.8 Å². The fourth-order valence-electron chi connectivity index (χ4n) is 1.73. The molecular formula is C13H6F6INO. The van der Waals surface area contributed by atoms with Crippen LogP contribution in [0.1, 0.15) is 5.56 Å². The van der Waals surface area contributed by atoms with Gasteiger partial charge in [0.1, 0.15) is 5.75 Å². The van der Waals surface area contributed by atoms with Gasteiger partial charge in [-0.2, -0.15) is 13.2 Å². The van der Waals surface area contributed by atoms with E-state index in [0.29, 0.717) is 0 Å². The van der Waals surface area contributed by atoms with Crippen molar-refractivity contribution >= 4 is 22.6 Å². The highest BCUT2D eigenvalue weighted by molar-refractivity contribution is 14.1. The van der Waals surface area contributed by atoms with Crippen LogP contribution >= 0.6 is 22.6 Å². The number of ether oxygens (including phenoxy) is 1. The van der Waals surface area contributed by atoms with Crippen LogP contribution in [-0.4, -0.2) is 11.3 Å². The molecule has 0 spiro atoms. The molecule has 0 saturated heterocycles. The van der Waals surface area contributed by atoms with Gasteiger partial charge in [0.15, 0.2) is 0 Å². The Kier molecular flexibility index (Phi) is 4.54. The van der Waals surface area contributed by atoms with Crippen LogP contribution in [-0.2, 0) is 6.18 Å². The molecule has 0 atom stereocenters. The summed E-state index contributed by atoms with van der Waals surface area (Å²) in [6, 6.07) is 5.66. The summed E-state index contributed by atoms with van der Waals surface area (Å²) in [4.78, 5) is 3.76. The summed E-state index contributed by atoms with van der Waals surface area (Å²) in [5.74, 6) is -0.611. The van der Waals surface area contributed by atoms with E-state index in [0.717, 1.165) is 18.3 Å². The molecule has 0 amide bonds. The lowest BCUT2D eigenvalue weighted by molar-refractivity contribution is -0.274. The van der Waals surface area contributed by atoms with Crippen molar-refractivity contribution < 1.29 is 31.1 Å². The Morgan fingerprint density at radius 1 is 0.955 bits per heavy atom. The van der Waals surface area contributed by atoms with Gasteiger partial charge in [-0.05, 0) is 40.8 Å². The summed E-state index contributed by atoms with van der Waals surface area (Å²) in [5, 5.41) is 0. The third kappa shape index (κ3) is 3.81. The predicted octanol–water partition coefficient (Wildman–Crippen LogP) is 5.27. The van der Waals surface area contributed by atoms with Crippen LogP contribution in [0.15, 0.2) is 36.5 Å². The second kappa shape index (κ2) is 5.94. The molecule has 0 N–H and O–H groups in total. The zero-order chi connectivity index (χ0) is 16.5. The fourth-order valence-corrected chi connectivity index (χ4v) is 2.64. The first kappa shape index (κ1) is 16.8. The highest BCUT2D eigenvalue weighted by Gasteiger charge is 2.36. The molecule has 2 rings (SSSR count). The lowest BCUT2D eigenvalue weighted by atomic mass is 10.1. The third-order valence-corrected chi connectivity index (χ3v) is 3.65. The molecule has 118 valence electrons. The van der Waals surface area contributed by atoms with Gasteiger partial charge in [-0.1, -0.05) is 12.1 Å². The highest BCUT2D eigenvalue weighted by atomic mass is 127. The molecule has 1 aromatic carbocycles. The molecule has 0 aliphatic rings. The molecule has 0 unspecified atom stereocenters. The molecule has 0 aliphatic carbocycles. The van der Waals surface area contributed by atoms with E-state index >= 15 is 0 Å². The van der Waals surface area contributed by atoms with Gasteiger partial charge in [-0.3, -0.25) is 4.98 Å². The summed E-state index contributed by atoms with van der Waals surface area (Å²) in [6.07, 6.45) is -8.69. The number of pyridine rings is 1. The number of hydrogen-bond donors (Lipinski definition) is 0. The highest BCUT2D eigenvalue weighted by Crippen LogP contribution is 2.39. The van der Waals surface area contributed by atoms with Crippen LogP contribution in [0, 0.1) is 3.57 Å². The number of para-hydroxylation sites is 1. The van der Waals surface area contributed by atoms with E-state index < -0.39 is 23.9 Å². The molecule has 9 heteroatoms. The van der Waals surface area contributed by atoms with Gasteiger partial charge in [0.25, 0.3) is 0 Å². The smallest absolute Gasteiger partial charge is 0.405 e. The van der Waals surface area contributed by atoms with Gasteiger partial charge in [-0.25, -0.2) is 0 Å². The van der Waals surface area contributed by atoms with Gasteiger partial charge >= 0.3 is 12.5 Å². The first-order chi connectivity index (χ1) is 10.1. The molecule has 0 radical (unpaired) electrons. The molecule has 22 heavy (non-hydrogen) atoms. The molecule has 0 saturated carbocycles. The molecule has 0 bridgehead atoms. The Hall–Kier alpha value is -1.52. The minimum absolute atomic E-state index is 0.171. The molecule has 0 fully saturated rings. The lowest BCUT2D eigenvalue weighted by Gasteiger charge is -2.15. The van der Waals surface area contributed by atoms with Crippen LogP contribution in [0.5, 0.6) is 5.75 Å². The van der Waals surface area contributed by atoms with E-state index in [-0.39, 0.29) is 14.8 Å². The van der Waals surface area contributed by atoms with Gasteiger partial charge in [0.2, 0.25) is 0 Å². The number of nitrogens with zero attached hydrogens (tertiary/aromatic N) is 1. The second-order valence-corrected chi connectivity index (χ2v) is 5.14. The van der Waals surface area contributed by atoms with Crippen LogP contribution in [0.25, 0.3) is 11.3 Å². The molecular weight excluding hydrogens is 427 g/mol. The summed E-state index contributed by atoms with van der Waals surface area (Å²) in [7, 11) is 0. The van der Waals surface area contributed by atoms with Gasteiger partial charge in [-0.15, -0.1) is 13.2 Å². The first-order valence-corrected chi connectivity index (χ1v) is 6.74. The lowest BCUT2D eigenvalue weighted by Crippen LogP contribution is -2.18. The van der Waals surface area contributed by atoms with Gasteiger partial charge in [0.05, 0.1) is 14.8 Å². The van der Waals surface area contributed by atoms with E-state index in [1.165, 1.54) is 40.8 Å².